The van der Waals surface area contributed by atoms with Crippen molar-refractivity contribution in [3.8, 4) is 0 Å². The Morgan fingerprint density at radius 3 is 2.90 bits per heavy atom. The van der Waals surface area contributed by atoms with Gasteiger partial charge in [0.05, 0.1) is 4.90 Å². The topological polar surface area (TPSA) is 49.4 Å². The quantitative estimate of drug-likeness (QED) is 0.913. The molecule has 0 bridgehead atoms. The van der Waals surface area contributed by atoms with Crippen LogP contribution in [0.2, 0.25) is 0 Å². The van der Waals surface area contributed by atoms with Gasteiger partial charge in [0.1, 0.15) is 0 Å². The molecule has 3 rings (SSSR count). The minimum Gasteiger partial charge on any atom is -0.385 e. The van der Waals surface area contributed by atoms with Gasteiger partial charge in [-0.25, -0.2) is 8.42 Å². The molecule has 1 atom stereocenters. The number of aryl methyl sites for hydroxylation is 1. The number of anilines is 1. The summed E-state index contributed by atoms with van der Waals surface area (Å²) in [5, 5.41) is 3.33. The third-order valence-corrected chi connectivity index (χ3v) is 6.62. The molecule has 2 aliphatic rings. The zero-order valence-corrected chi connectivity index (χ0v) is 13.5. The van der Waals surface area contributed by atoms with Crippen LogP contribution < -0.4 is 5.32 Å². The van der Waals surface area contributed by atoms with E-state index in [1.807, 2.05) is 19.1 Å². The molecule has 1 aromatic carbocycles. The van der Waals surface area contributed by atoms with E-state index in [0.29, 0.717) is 11.4 Å². The summed E-state index contributed by atoms with van der Waals surface area (Å²) >= 11 is 0. The Bertz CT molecular complexity index is 613. The van der Waals surface area contributed by atoms with Crippen molar-refractivity contribution in [2.45, 2.75) is 56.4 Å². The van der Waals surface area contributed by atoms with Crippen molar-refractivity contribution in [1.82, 2.24) is 4.31 Å². The van der Waals surface area contributed by atoms with Crippen LogP contribution in [0, 0.1) is 0 Å². The first-order valence-electron chi connectivity index (χ1n) is 7.98. The van der Waals surface area contributed by atoms with E-state index in [-0.39, 0.29) is 6.04 Å². The summed E-state index contributed by atoms with van der Waals surface area (Å²) in [5.74, 6) is 0. The molecule has 0 saturated carbocycles. The van der Waals surface area contributed by atoms with Gasteiger partial charge in [0, 0.05) is 24.8 Å². The number of benzene rings is 1. The molecule has 4 nitrogen and oxygen atoms in total. The molecule has 1 N–H and O–H groups in total. The van der Waals surface area contributed by atoms with Crippen molar-refractivity contribution in [3.63, 3.8) is 0 Å². The molecule has 0 amide bonds. The third-order valence-electron chi connectivity index (χ3n) is 4.61. The van der Waals surface area contributed by atoms with Gasteiger partial charge in [0.15, 0.2) is 0 Å². The number of rotatable bonds is 2. The van der Waals surface area contributed by atoms with Crippen LogP contribution in [0.4, 0.5) is 5.69 Å². The molecule has 0 radical (unpaired) electrons. The predicted molar refractivity (Wildman–Crippen MR) is 85.1 cm³/mol. The number of hydrogen-bond acceptors (Lipinski definition) is 3. The first-order valence-corrected chi connectivity index (χ1v) is 9.42. The fourth-order valence-corrected chi connectivity index (χ4v) is 5.10. The molecule has 1 saturated heterocycles. The fraction of sp³-hybridized carbons (Fsp3) is 0.625. The normalized spacial score (nSPS) is 24.0. The van der Waals surface area contributed by atoms with E-state index < -0.39 is 10.0 Å². The van der Waals surface area contributed by atoms with Crippen molar-refractivity contribution in [2.75, 3.05) is 18.4 Å². The highest BCUT2D eigenvalue weighted by Gasteiger charge is 2.30. The summed E-state index contributed by atoms with van der Waals surface area (Å²) in [6.45, 7) is 3.66. The first kappa shape index (κ1) is 14.9. The van der Waals surface area contributed by atoms with Gasteiger partial charge in [-0.05, 0) is 56.4 Å². The Morgan fingerprint density at radius 1 is 1.19 bits per heavy atom. The van der Waals surface area contributed by atoms with Crippen molar-refractivity contribution < 1.29 is 8.42 Å². The molecule has 2 heterocycles. The van der Waals surface area contributed by atoms with Gasteiger partial charge >= 0.3 is 0 Å². The molecule has 2 aliphatic heterocycles. The van der Waals surface area contributed by atoms with Gasteiger partial charge in [0.2, 0.25) is 10.0 Å². The van der Waals surface area contributed by atoms with Crippen LogP contribution in [0.5, 0.6) is 0 Å². The summed E-state index contributed by atoms with van der Waals surface area (Å²) in [5.41, 5.74) is 2.22. The zero-order valence-electron chi connectivity index (χ0n) is 12.6. The second-order valence-electron chi connectivity index (χ2n) is 6.16. The van der Waals surface area contributed by atoms with Gasteiger partial charge in [-0.15, -0.1) is 0 Å². The van der Waals surface area contributed by atoms with Crippen molar-refractivity contribution in [2.24, 2.45) is 0 Å². The SMILES string of the molecule is CC1CCCCCN1S(=O)(=O)c1ccc2c(c1)CCCN2. The number of nitrogens with one attached hydrogen (secondary N) is 1. The van der Waals surface area contributed by atoms with Crippen LogP contribution in [-0.2, 0) is 16.4 Å². The second kappa shape index (κ2) is 5.97. The Balaban J connectivity index is 1.93. The van der Waals surface area contributed by atoms with E-state index in [2.05, 4.69) is 5.32 Å². The van der Waals surface area contributed by atoms with E-state index in [9.17, 15) is 8.42 Å². The Labute approximate surface area is 127 Å². The Kier molecular flexibility index (Phi) is 4.22. The molecule has 0 spiro atoms. The summed E-state index contributed by atoms with van der Waals surface area (Å²) in [7, 11) is -3.36. The summed E-state index contributed by atoms with van der Waals surface area (Å²) in [4.78, 5) is 0.457. The van der Waals surface area contributed by atoms with E-state index >= 15 is 0 Å². The summed E-state index contributed by atoms with van der Waals surface area (Å²) in [6, 6.07) is 5.65. The minimum absolute atomic E-state index is 0.103. The van der Waals surface area contributed by atoms with Crippen molar-refractivity contribution >= 4 is 15.7 Å². The molecule has 21 heavy (non-hydrogen) atoms. The lowest BCUT2D eigenvalue weighted by atomic mass is 10.0. The number of sulfonamides is 1. The van der Waals surface area contributed by atoms with Gasteiger partial charge in [-0.3, -0.25) is 0 Å². The smallest absolute Gasteiger partial charge is 0.243 e. The van der Waals surface area contributed by atoms with E-state index in [0.717, 1.165) is 56.3 Å². The molecule has 1 fully saturated rings. The number of hydrogen-bond donors (Lipinski definition) is 1. The molecule has 0 aliphatic carbocycles. The van der Waals surface area contributed by atoms with Crippen LogP contribution in [0.15, 0.2) is 23.1 Å². The first-order chi connectivity index (χ1) is 10.1. The van der Waals surface area contributed by atoms with Crippen LogP contribution in [-0.4, -0.2) is 31.9 Å². The van der Waals surface area contributed by atoms with E-state index in [4.69, 9.17) is 0 Å². The highest BCUT2D eigenvalue weighted by Crippen LogP contribution is 2.29. The fourth-order valence-electron chi connectivity index (χ4n) is 3.35. The van der Waals surface area contributed by atoms with E-state index in [1.165, 1.54) is 0 Å². The van der Waals surface area contributed by atoms with E-state index in [1.54, 1.807) is 10.4 Å². The standard InChI is InChI=1S/C16H24N2O2S/c1-13-6-3-2-4-11-18(13)21(19,20)15-8-9-16-14(12-15)7-5-10-17-16/h8-9,12-13,17H,2-7,10-11H2,1H3. The molecule has 1 unspecified atom stereocenters. The Hall–Kier alpha value is -1.07. The number of fused-ring (bicyclic) bond motifs is 1. The van der Waals surface area contributed by atoms with Gasteiger partial charge in [-0.2, -0.15) is 4.31 Å². The lowest BCUT2D eigenvalue weighted by molar-refractivity contribution is 0.342. The maximum absolute atomic E-state index is 12.9. The summed E-state index contributed by atoms with van der Waals surface area (Å²) < 4.78 is 27.6. The highest BCUT2D eigenvalue weighted by molar-refractivity contribution is 7.89. The number of nitrogens with zero attached hydrogens (tertiary/aromatic N) is 1. The van der Waals surface area contributed by atoms with Gasteiger partial charge in [0.25, 0.3) is 0 Å². The highest BCUT2D eigenvalue weighted by atomic mass is 32.2. The largest absolute Gasteiger partial charge is 0.385 e. The van der Waals surface area contributed by atoms with Crippen LogP contribution in [0.3, 0.4) is 0 Å². The molecule has 116 valence electrons. The maximum atomic E-state index is 12.9. The minimum atomic E-state index is -3.36. The molecule has 5 heteroatoms. The lowest BCUT2D eigenvalue weighted by Gasteiger charge is -2.27. The van der Waals surface area contributed by atoms with Gasteiger partial charge in [-0.1, -0.05) is 12.8 Å². The summed E-state index contributed by atoms with van der Waals surface area (Å²) in [6.07, 6.45) is 6.21. The zero-order chi connectivity index (χ0) is 14.9. The average Bonchev–Trinajstić information content (AvgIpc) is 2.71. The monoisotopic (exact) mass is 308 g/mol. The molecular weight excluding hydrogens is 284 g/mol. The molecule has 0 aromatic heterocycles. The van der Waals surface area contributed by atoms with Crippen LogP contribution >= 0.6 is 0 Å². The molecule has 1 aromatic rings. The average molecular weight is 308 g/mol. The Morgan fingerprint density at radius 2 is 2.05 bits per heavy atom. The maximum Gasteiger partial charge on any atom is 0.243 e. The van der Waals surface area contributed by atoms with Crippen molar-refractivity contribution in [3.05, 3.63) is 23.8 Å². The third kappa shape index (κ3) is 2.94. The molecular formula is C16H24N2O2S. The van der Waals surface area contributed by atoms with Gasteiger partial charge < -0.3 is 5.32 Å². The van der Waals surface area contributed by atoms with Crippen molar-refractivity contribution in [1.29, 1.82) is 0 Å². The predicted octanol–water partition coefficient (Wildman–Crippen LogP) is 3.00. The second-order valence-corrected chi connectivity index (χ2v) is 8.05. The van der Waals surface area contributed by atoms with Crippen LogP contribution in [0.1, 0.15) is 44.6 Å². The lowest BCUT2D eigenvalue weighted by Crippen LogP contribution is -2.38. The van der Waals surface area contributed by atoms with Crippen LogP contribution in [0.25, 0.3) is 0 Å².